The molecule has 1 amide bonds. The van der Waals surface area contributed by atoms with Crippen LogP contribution in [0, 0.1) is 0 Å². The Morgan fingerprint density at radius 1 is 1.28 bits per heavy atom. The normalized spacial score (nSPS) is 19.8. The number of amides is 1. The highest BCUT2D eigenvalue weighted by Crippen LogP contribution is 2.33. The molecule has 0 unspecified atom stereocenters. The third-order valence-electron chi connectivity index (χ3n) is 5.11. The number of benzene rings is 1. The minimum atomic E-state index is -0.329. The van der Waals surface area contributed by atoms with E-state index in [0.29, 0.717) is 17.9 Å². The van der Waals surface area contributed by atoms with Gasteiger partial charge in [0.15, 0.2) is 0 Å². The van der Waals surface area contributed by atoms with Gasteiger partial charge in [-0.25, -0.2) is 4.98 Å². The van der Waals surface area contributed by atoms with Crippen LogP contribution in [-0.2, 0) is 13.0 Å². The number of aromatic nitrogens is 1. The third kappa shape index (κ3) is 3.26. The van der Waals surface area contributed by atoms with Gasteiger partial charge in [0, 0.05) is 32.4 Å². The van der Waals surface area contributed by atoms with Crippen molar-refractivity contribution in [3.05, 3.63) is 47.7 Å². The highest BCUT2D eigenvalue weighted by atomic mass is 16.5. The lowest BCUT2D eigenvalue weighted by molar-refractivity contribution is 0.00194. The van der Waals surface area contributed by atoms with E-state index in [1.807, 2.05) is 30.5 Å². The van der Waals surface area contributed by atoms with E-state index < -0.39 is 0 Å². The first-order valence-electron chi connectivity index (χ1n) is 8.90. The summed E-state index contributed by atoms with van der Waals surface area (Å²) >= 11 is 0. The molecule has 0 bridgehead atoms. The van der Waals surface area contributed by atoms with Crippen molar-refractivity contribution in [1.29, 1.82) is 0 Å². The number of nitrogens with one attached hydrogen (secondary N) is 1. The van der Waals surface area contributed by atoms with Crippen LogP contribution in [0.1, 0.15) is 41.8 Å². The van der Waals surface area contributed by atoms with Gasteiger partial charge in [0.2, 0.25) is 5.89 Å². The van der Waals surface area contributed by atoms with E-state index in [2.05, 4.69) is 22.1 Å². The minimum absolute atomic E-state index is 0.0539. The lowest BCUT2D eigenvalue weighted by Gasteiger charge is -2.40. The number of carbonyl (C=O) groups excluding carboxylic acids is 1. The van der Waals surface area contributed by atoms with Crippen LogP contribution in [0.5, 0.6) is 5.75 Å². The van der Waals surface area contributed by atoms with Crippen molar-refractivity contribution in [3.8, 4) is 5.75 Å². The number of hydrogen-bond donors (Lipinski definition) is 1. The fourth-order valence-electron chi connectivity index (χ4n) is 3.52. The first-order valence-corrected chi connectivity index (χ1v) is 8.90. The monoisotopic (exact) mass is 341 g/mol. The van der Waals surface area contributed by atoms with Gasteiger partial charge in [-0.1, -0.05) is 19.1 Å². The van der Waals surface area contributed by atoms with E-state index in [0.717, 1.165) is 50.5 Å². The van der Waals surface area contributed by atoms with Crippen molar-refractivity contribution in [2.75, 3.05) is 19.6 Å². The Morgan fingerprint density at radius 3 is 2.84 bits per heavy atom. The molecule has 1 aromatic heterocycles. The van der Waals surface area contributed by atoms with Crippen LogP contribution < -0.4 is 10.1 Å². The SMILES string of the molecule is CCc1cnc(CN2CCC3(CC2)CNC(=O)c2ccccc2O3)o1. The number of oxazole rings is 1. The summed E-state index contributed by atoms with van der Waals surface area (Å²) < 4.78 is 12.0. The number of piperidine rings is 1. The molecule has 25 heavy (non-hydrogen) atoms. The van der Waals surface area contributed by atoms with E-state index in [1.165, 1.54) is 0 Å². The van der Waals surface area contributed by atoms with Gasteiger partial charge in [-0.05, 0) is 12.1 Å². The number of ether oxygens (including phenoxy) is 1. The maximum absolute atomic E-state index is 12.2. The Morgan fingerprint density at radius 2 is 2.08 bits per heavy atom. The number of likely N-dealkylation sites (tertiary alicyclic amines) is 1. The molecular formula is C19H23N3O3. The van der Waals surface area contributed by atoms with Crippen LogP contribution in [0.25, 0.3) is 0 Å². The quantitative estimate of drug-likeness (QED) is 0.928. The van der Waals surface area contributed by atoms with Crippen molar-refractivity contribution in [3.63, 3.8) is 0 Å². The van der Waals surface area contributed by atoms with E-state index >= 15 is 0 Å². The van der Waals surface area contributed by atoms with Crippen molar-refractivity contribution >= 4 is 5.91 Å². The molecule has 2 aromatic rings. The highest BCUT2D eigenvalue weighted by molar-refractivity contribution is 5.97. The highest BCUT2D eigenvalue weighted by Gasteiger charge is 2.40. The van der Waals surface area contributed by atoms with Crippen LogP contribution in [-0.4, -0.2) is 41.0 Å². The van der Waals surface area contributed by atoms with E-state index in [1.54, 1.807) is 0 Å². The van der Waals surface area contributed by atoms with Gasteiger partial charge < -0.3 is 14.5 Å². The van der Waals surface area contributed by atoms with Crippen molar-refractivity contribution in [1.82, 2.24) is 15.2 Å². The molecule has 1 N–H and O–H groups in total. The van der Waals surface area contributed by atoms with Crippen LogP contribution in [0.3, 0.4) is 0 Å². The molecule has 1 fully saturated rings. The van der Waals surface area contributed by atoms with E-state index in [4.69, 9.17) is 9.15 Å². The molecule has 3 heterocycles. The fraction of sp³-hybridized carbons (Fsp3) is 0.474. The second kappa shape index (κ2) is 6.52. The fourth-order valence-corrected chi connectivity index (χ4v) is 3.52. The predicted molar refractivity (Wildman–Crippen MR) is 92.5 cm³/mol. The van der Waals surface area contributed by atoms with Crippen molar-refractivity contribution in [2.45, 2.75) is 38.3 Å². The van der Waals surface area contributed by atoms with Gasteiger partial charge in [0.05, 0.1) is 24.8 Å². The number of nitrogens with zero attached hydrogens (tertiary/aromatic N) is 2. The summed E-state index contributed by atoms with van der Waals surface area (Å²) in [5, 5.41) is 3.02. The number of carbonyl (C=O) groups is 1. The molecule has 1 spiro atoms. The second-order valence-electron chi connectivity index (χ2n) is 6.81. The molecule has 6 nitrogen and oxygen atoms in total. The van der Waals surface area contributed by atoms with Crippen LogP contribution in [0.2, 0.25) is 0 Å². The van der Waals surface area contributed by atoms with Crippen molar-refractivity contribution < 1.29 is 13.9 Å². The zero-order valence-electron chi connectivity index (χ0n) is 14.5. The van der Waals surface area contributed by atoms with Crippen LogP contribution >= 0.6 is 0 Å². The van der Waals surface area contributed by atoms with Gasteiger partial charge in [-0.15, -0.1) is 0 Å². The summed E-state index contributed by atoms with van der Waals surface area (Å²) in [5.41, 5.74) is 0.290. The number of para-hydroxylation sites is 1. The topological polar surface area (TPSA) is 67.6 Å². The summed E-state index contributed by atoms with van der Waals surface area (Å²) in [6.45, 7) is 5.11. The maximum atomic E-state index is 12.2. The van der Waals surface area contributed by atoms with Crippen LogP contribution in [0.15, 0.2) is 34.9 Å². The molecule has 2 aliphatic heterocycles. The summed E-state index contributed by atoms with van der Waals surface area (Å²) in [7, 11) is 0. The molecule has 1 saturated heterocycles. The Kier molecular flexibility index (Phi) is 4.21. The zero-order valence-corrected chi connectivity index (χ0v) is 14.5. The summed E-state index contributed by atoms with van der Waals surface area (Å²) in [6, 6.07) is 7.47. The van der Waals surface area contributed by atoms with E-state index in [-0.39, 0.29) is 11.5 Å². The maximum Gasteiger partial charge on any atom is 0.255 e. The summed E-state index contributed by atoms with van der Waals surface area (Å²) in [4.78, 5) is 18.9. The smallest absolute Gasteiger partial charge is 0.255 e. The van der Waals surface area contributed by atoms with Gasteiger partial charge in [-0.3, -0.25) is 9.69 Å². The molecule has 132 valence electrons. The summed E-state index contributed by atoms with van der Waals surface area (Å²) in [5.74, 6) is 2.33. The molecule has 1 aromatic carbocycles. The number of hydrogen-bond acceptors (Lipinski definition) is 5. The van der Waals surface area contributed by atoms with Gasteiger partial charge in [-0.2, -0.15) is 0 Å². The Labute approximate surface area is 147 Å². The molecule has 0 aliphatic carbocycles. The molecule has 2 aliphatic rings. The first kappa shape index (κ1) is 16.1. The Balaban J connectivity index is 1.43. The standard InChI is InChI=1S/C19H23N3O3/c1-2-14-11-20-17(24-14)12-22-9-7-19(8-10-22)13-21-18(23)15-5-3-4-6-16(15)25-19/h3-6,11H,2,7-10,12-13H2,1H3,(H,21,23). The van der Waals surface area contributed by atoms with Gasteiger partial charge in [0.1, 0.15) is 17.1 Å². The largest absolute Gasteiger partial charge is 0.485 e. The molecule has 6 heteroatoms. The van der Waals surface area contributed by atoms with E-state index in [9.17, 15) is 4.79 Å². The molecular weight excluding hydrogens is 318 g/mol. The Hall–Kier alpha value is -2.34. The number of rotatable bonds is 3. The lowest BCUT2D eigenvalue weighted by atomic mass is 9.91. The average molecular weight is 341 g/mol. The predicted octanol–water partition coefficient (Wildman–Crippen LogP) is 2.39. The second-order valence-corrected chi connectivity index (χ2v) is 6.81. The third-order valence-corrected chi connectivity index (χ3v) is 5.11. The molecule has 0 radical (unpaired) electrons. The molecule has 4 rings (SSSR count). The summed E-state index contributed by atoms with van der Waals surface area (Å²) in [6.07, 6.45) is 4.40. The van der Waals surface area contributed by atoms with Crippen molar-refractivity contribution in [2.24, 2.45) is 0 Å². The lowest BCUT2D eigenvalue weighted by Crippen LogP contribution is -2.53. The van der Waals surface area contributed by atoms with Gasteiger partial charge in [0.25, 0.3) is 5.91 Å². The Bertz CT molecular complexity index is 763. The molecule has 0 saturated carbocycles. The minimum Gasteiger partial charge on any atom is -0.485 e. The molecule has 0 atom stereocenters. The number of fused-ring (bicyclic) bond motifs is 1. The zero-order chi connectivity index (χ0) is 17.3. The van der Waals surface area contributed by atoms with Crippen LogP contribution in [0.4, 0.5) is 0 Å². The first-order chi connectivity index (χ1) is 12.2. The number of aryl methyl sites for hydroxylation is 1. The van der Waals surface area contributed by atoms with Gasteiger partial charge >= 0.3 is 0 Å². The average Bonchev–Trinajstić information content (AvgIpc) is 3.04.